The third kappa shape index (κ3) is 4.76. The first kappa shape index (κ1) is 14.0. The number of hydrogen-bond donors (Lipinski definition) is 0. The van der Waals surface area contributed by atoms with E-state index in [2.05, 4.69) is 47.0 Å². The molecule has 0 atom stereocenters. The zero-order valence-electron chi connectivity index (χ0n) is 10.4. The molecule has 0 bridgehead atoms. The molecule has 0 aliphatic rings. The van der Waals surface area contributed by atoms with Crippen LogP contribution in [0.1, 0.15) is 15.9 Å². The van der Waals surface area contributed by atoms with Gasteiger partial charge in [0.1, 0.15) is 8.07 Å². The zero-order valence-corrected chi connectivity index (χ0v) is 13.0. The van der Waals surface area contributed by atoms with Crippen LogP contribution in [0, 0.1) is 11.5 Å². The molecule has 2 nitrogen and oxygen atoms in total. The molecular weight excluding hydrogens is 296 g/mol. The molecule has 0 saturated carbocycles. The van der Waals surface area contributed by atoms with Crippen LogP contribution in [0.4, 0.5) is 0 Å². The number of halogens is 1. The first-order valence-corrected chi connectivity index (χ1v) is 9.53. The Morgan fingerprint density at radius 2 is 1.94 bits per heavy atom. The molecule has 0 spiro atoms. The zero-order chi connectivity index (χ0) is 13.1. The average molecular weight is 311 g/mol. The molecule has 1 aromatic carbocycles. The van der Waals surface area contributed by atoms with Crippen molar-refractivity contribution >= 4 is 30.0 Å². The highest BCUT2D eigenvalue weighted by Gasteiger charge is 2.09. The lowest BCUT2D eigenvalue weighted by atomic mass is 10.1. The van der Waals surface area contributed by atoms with Gasteiger partial charge in [0.15, 0.2) is 0 Å². The van der Waals surface area contributed by atoms with E-state index in [0.29, 0.717) is 5.56 Å². The fourth-order valence-corrected chi connectivity index (χ4v) is 2.17. The van der Waals surface area contributed by atoms with Crippen LogP contribution in [0.2, 0.25) is 19.6 Å². The van der Waals surface area contributed by atoms with Gasteiger partial charge < -0.3 is 4.74 Å². The van der Waals surface area contributed by atoms with Crippen LogP contribution in [0.25, 0.3) is 0 Å². The van der Waals surface area contributed by atoms with Gasteiger partial charge in [0.25, 0.3) is 0 Å². The van der Waals surface area contributed by atoms with Crippen molar-refractivity contribution in [3.8, 4) is 11.5 Å². The van der Waals surface area contributed by atoms with Crippen LogP contribution in [-0.2, 0) is 4.74 Å². The first-order chi connectivity index (χ1) is 7.81. The summed E-state index contributed by atoms with van der Waals surface area (Å²) in [6.45, 7) is 6.54. The molecule has 0 fully saturated rings. The van der Waals surface area contributed by atoms with Crippen LogP contribution in [0.15, 0.2) is 22.7 Å². The number of ether oxygens (including phenoxy) is 1. The van der Waals surface area contributed by atoms with Gasteiger partial charge in [0.05, 0.1) is 12.7 Å². The summed E-state index contributed by atoms with van der Waals surface area (Å²) in [6.07, 6.45) is 0. The van der Waals surface area contributed by atoms with Gasteiger partial charge in [-0.05, 0) is 18.2 Å². The lowest BCUT2D eigenvalue weighted by molar-refractivity contribution is 0.0600. The van der Waals surface area contributed by atoms with Crippen molar-refractivity contribution in [3.63, 3.8) is 0 Å². The summed E-state index contributed by atoms with van der Waals surface area (Å²) in [5.74, 6) is 2.77. The fourth-order valence-electron chi connectivity index (χ4n) is 1.16. The quantitative estimate of drug-likeness (QED) is 0.451. The Kier molecular flexibility index (Phi) is 4.55. The van der Waals surface area contributed by atoms with Gasteiger partial charge in [-0.15, -0.1) is 5.54 Å². The topological polar surface area (TPSA) is 26.3 Å². The van der Waals surface area contributed by atoms with Crippen LogP contribution in [-0.4, -0.2) is 21.2 Å². The SMILES string of the molecule is COC(=O)c1cc(Br)cc(C#C[Si](C)(C)C)c1. The first-order valence-electron chi connectivity index (χ1n) is 5.24. The van der Waals surface area contributed by atoms with Gasteiger partial charge in [-0.25, -0.2) is 4.79 Å². The maximum atomic E-state index is 11.4. The van der Waals surface area contributed by atoms with Gasteiger partial charge in [-0.1, -0.05) is 41.5 Å². The number of carbonyl (C=O) groups is 1. The Labute approximate surface area is 112 Å². The standard InChI is InChI=1S/C13H15BrO2Si/c1-16-13(15)11-7-10(8-12(14)9-11)5-6-17(2,3)4/h7-9H,1-4H3. The number of esters is 1. The van der Waals surface area contributed by atoms with E-state index in [1.165, 1.54) is 7.11 Å². The predicted octanol–water partition coefficient (Wildman–Crippen LogP) is 3.46. The Morgan fingerprint density at radius 3 is 2.47 bits per heavy atom. The molecule has 0 heterocycles. The summed E-state index contributed by atoms with van der Waals surface area (Å²) in [7, 11) is -0.0312. The van der Waals surface area contributed by atoms with Crippen molar-refractivity contribution in [2.45, 2.75) is 19.6 Å². The number of benzene rings is 1. The molecule has 1 rings (SSSR count). The minimum absolute atomic E-state index is 0.345. The highest BCUT2D eigenvalue weighted by molar-refractivity contribution is 9.10. The average Bonchev–Trinajstić information content (AvgIpc) is 2.23. The largest absolute Gasteiger partial charge is 0.465 e. The van der Waals surface area contributed by atoms with Crippen molar-refractivity contribution in [2.24, 2.45) is 0 Å². The van der Waals surface area contributed by atoms with Gasteiger partial charge in [0, 0.05) is 10.0 Å². The molecule has 4 heteroatoms. The highest BCUT2D eigenvalue weighted by atomic mass is 79.9. The van der Waals surface area contributed by atoms with E-state index in [4.69, 9.17) is 4.74 Å². The molecule has 0 radical (unpaired) electrons. The Hall–Kier alpha value is -1.05. The summed E-state index contributed by atoms with van der Waals surface area (Å²) in [6, 6.07) is 5.38. The Balaban J connectivity index is 3.13. The van der Waals surface area contributed by atoms with Gasteiger partial charge in [0.2, 0.25) is 0 Å². The van der Waals surface area contributed by atoms with E-state index < -0.39 is 8.07 Å². The summed E-state index contributed by atoms with van der Waals surface area (Å²) >= 11 is 3.37. The van der Waals surface area contributed by atoms with Crippen molar-refractivity contribution < 1.29 is 9.53 Å². The second-order valence-electron chi connectivity index (χ2n) is 4.72. The Morgan fingerprint density at radius 1 is 1.29 bits per heavy atom. The molecule has 0 aliphatic carbocycles. The number of hydrogen-bond acceptors (Lipinski definition) is 2. The van der Waals surface area contributed by atoms with E-state index in [1.807, 2.05) is 6.07 Å². The van der Waals surface area contributed by atoms with Gasteiger partial charge >= 0.3 is 5.97 Å². The van der Waals surface area contributed by atoms with Crippen LogP contribution in [0.5, 0.6) is 0 Å². The van der Waals surface area contributed by atoms with E-state index in [0.717, 1.165) is 10.0 Å². The third-order valence-electron chi connectivity index (χ3n) is 1.90. The number of methoxy groups -OCH3 is 1. The van der Waals surface area contributed by atoms with E-state index in [-0.39, 0.29) is 5.97 Å². The molecule has 0 saturated heterocycles. The van der Waals surface area contributed by atoms with Crippen LogP contribution < -0.4 is 0 Å². The van der Waals surface area contributed by atoms with E-state index in [1.54, 1.807) is 12.1 Å². The molecule has 0 aromatic heterocycles. The molecule has 17 heavy (non-hydrogen) atoms. The fraction of sp³-hybridized carbons (Fsp3) is 0.308. The second-order valence-corrected chi connectivity index (χ2v) is 10.4. The maximum absolute atomic E-state index is 11.4. The summed E-state index contributed by atoms with van der Waals surface area (Å²) in [4.78, 5) is 11.4. The molecule has 0 aliphatic heterocycles. The Bertz CT molecular complexity index is 492. The maximum Gasteiger partial charge on any atom is 0.337 e. The van der Waals surface area contributed by atoms with E-state index in [9.17, 15) is 4.79 Å². The second kappa shape index (κ2) is 5.52. The van der Waals surface area contributed by atoms with Crippen molar-refractivity contribution in [1.82, 2.24) is 0 Å². The lowest BCUT2D eigenvalue weighted by Crippen LogP contribution is -2.16. The molecular formula is C13H15BrO2Si. The molecule has 0 N–H and O–H groups in total. The molecule has 0 amide bonds. The third-order valence-corrected chi connectivity index (χ3v) is 3.23. The van der Waals surface area contributed by atoms with Crippen LogP contribution >= 0.6 is 15.9 Å². The highest BCUT2D eigenvalue weighted by Crippen LogP contribution is 2.16. The summed E-state index contributed by atoms with van der Waals surface area (Å²) in [5.41, 5.74) is 4.62. The number of rotatable bonds is 1. The van der Waals surface area contributed by atoms with Crippen molar-refractivity contribution in [2.75, 3.05) is 7.11 Å². The predicted molar refractivity (Wildman–Crippen MR) is 75.7 cm³/mol. The lowest BCUT2D eigenvalue weighted by Gasteiger charge is -2.04. The molecule has 90 valence electrons. The normalized spacial score (nSPS) is 10.4. The monoisotopic (exact) mass is 310 g/mol. The van der Waals surface area contributed by atoms with Gasteiger partial charge in [-0.3, -0.25) is 0 Å². The number of carbonyl (C=O) groups excluding carboxylic acids is 1. The smallest absolute Gasteiger partial charge is 0.337 e. The van der Waals surface area contributed by atoms with Crippen LogP contribution in [0.3, 0.4) is 0 Å². The van der Waals surface area contributed by atoms with Crippen molar-refractivity contribution in [1.29, 1.82) is 0 Å². The minimum atomic E-state index is -1.40. The van der Waals surface area contributed by atoms with Crippen molar-refractivity contribution in [3.05, 3.63) is 33.8 Å². The van der Waals surface area contributed by atoms with E-state index >= 15 is 0 Å². The molecule has 1 aromatic rings. The summed E-state index contributed by atoms with van der Waals surface area (Å²) < 4.78 is 5.53. The summed E-state index contributed by atoms with van der Waals surface area (Å²) in [5, 5.41) is 0. The minimum Gasteiger partial charge on any atom is -0.465 e. The van der Waals surface area contributed by atoms with Gasteiger partial charge in [-0.2, -0.15) is 0 Å². The molecule has 0 unspecified atom stereocenters.